The van der Waals surface area contributed by atoms with Gasteiger partial charge in [0, 0.05) is 23.6 Å². The molecule has 0 aliphatic heterocycles. The lowest BCUT2D eigenvalue weighted by Gasteiger charge is -2.08. The maximum atomic E-state index is 12.5. The zero-order chi connectivity index (χ0) is 23.1. The Morgan fingerprint density at radius 2 is 1.73 bits per heavy atom. The Balaban J connectivity index is 1.39. The average molecular weight is 457 g/mol. The molecule has 33 heavy (non-hydrogen) atoms. The van der Waals surface area contributed by atoms with Gasteiger partial charge in [0.05, 0.1) is 11.4 Å². The largest absolute Gasteiger partial charge is 0.325 e. The Labute approximate surface area is 195 Å². The highest BCUT2D eigenvalue weighted by Crippen LogP contribution is 2.27. The first-order valence-corrected chi connectivity index (χ1v) is 11.7. The minimum Gasteiger partial charge on any atom is -0.325 e. The van der Waals surface area contributed by atoms with Gasteiger partial charge in [-0.3, -0.25) is 9.20 Å². The number of carbonyl (C=O) groups excluding carboxylic acids is 1. The van der Waals surface area contributed by atoms with Crippen molar-refractivity contribution >= 4 is 34.5 Å². The highest BCUT2D eigenvalue weighted by molar-refractivity contribution is 7.99. The molecule has 1 amide bonds. The van der Waals surface area contributed by atoms with Crippen LogP contribution in [-0.4, -0.2) is 35.9 Å². The van der Waals surface area contributed by atoms with E-state index in [4.69, 9.17) is 5.10 Å². The van der Waals surface area contributed by atoms with Crippen molar-refractivity contribution in [2.24, 2.45) is 0 Å². The number of rotatable bonds is 5. The SMILES string of the molecule is Cc1ccc(NC(=O)CSc2nnc3c4cc(-c5cc(C)ccc5C)nn4ccn23)c(C)c1. The molecule has 0 radical (unpaired) electrons. The molecule has 3 heterocycles. The van der Waals surface area contributed by atoms with Crippen LogP contribution in [0.4, 0.5) is 5.69 Å². The Bertz CT molecular complexity index is 1520. The highest BCUT2D eigenvalue weighted by atomic mass is 32.2. The molecule has 5 rings (SSSR count). The van der Waals surface area contributed by atoms with Crippen molar-refractivity contribution in [3.05, 3.63) is 77.1 Å². The monoisotopic (exact) mass is 456 g/mol. The van der Waals surface area contributed by atoms with Crippen LogP contribution in [0.5, 0.6) is 0 Å². The molecule has 0 fully saturated rings. The normalized spacial score (nSPS) is 11.4. The maximum Gasteiger partial charge on any atom is 0.234 e. The Hall–Kier alpha value is -3.65. The third kappa shape index (κ3) is 4.09. The van der Waals surface area contributed by atoms with Crippen LogP contribution in [0, 0.1) is 27.7 Å². The molecule has 0 bridgehead atoms. The molecule has 2 aromatic carbocycles. The molecule has 0 saturated heterocycles. The van der Waals surface area contributed by atoms with Crippen LogP contribution in [0.3, 0.4) is 0 Å². The van der Waals surface area contributed by atoms with Gasteiger partial charge in [-0.2, -0.15) is 5.10 Å². The fourth-order valence-electron chi connectivity index (χ4n) is 3.90. The third-order valence-corrected chi connectivity index (χ3v) is 6.59. The summed E-state index contributed by atoms with van der Waals surface area (Å²) >= 11 is 1.36. The topological polar surface area (TPSA) is 76.6 Å². The van der Waals surface area contributed by atoms with Crippen molar-refractivity contribution in [2.45, 2.75) is 32.9 Å². The molecule has 5 aromatic rings. The molecular weight excluding hydrogens is 432 g/mol. The number of thioether (sulfide) groups is 1. The van der Waals surface area contributed by atoms with Crippen LogP contribution < -0.4 is 5.32 Å². The summed E-state index contributed by atoms with van der Waals surface area (Å²) in [5.74, 6) is 0.165. The van der Waals surface area contributed by atoms with Crippen molar-refractivity contribution in [3.8, 4) is 11.3 Å². The molecular formula is C25H24N6OS. The van der Waals surface area contributed by atoms with Gasteiger partial charge in [0.1, 0.15) is 5.52 Å². The zero-order valence-electron chi connectivity index (χ0n) is 19.0. The molecule has 0 aliphatic carbocycles. The number of hydrogen-bond acceptors (Lipinski definition) is 5. The number of amides is 1. The molecule has 1 N–H and O–H groups in total. The van der Waals surface area contributed by atoms with Gasteiger partial charge < -0.3 is 5.32 Å². The molecule has 0 spiro atoms. The fourth-order valence-corrected chi connectivity index (χ4v) is 4.62. The van der Waals surface area contributed by atoms with Crippen LogP contribution in [0.25, 0.3) is 22.4 Å². The molecule has 8 heteroatoms. The fraction of sp³-hybridized carbons (Fsp3) is 0.200. The average Bonchev–Trinajstić information content (AvgIpc) is 3.39. The van der Waals surface area contributed by atoms with Gasteiger partial charge in [0.25, 0.3) is 0 Å². The summed E-state index contributed by atoms with van der Waals surface area (Å²) in [7, 11) is 0. The second kappa shape index (κ2) is 8.37. The van der Waals surface area contributed by atoms with Gasteiger partial charge in [0.15, 0.2) is 10.8 Å². The number of hydrogen-bond donors (Lipinski definition) is 1. The molecule has 0 saturated carbocycles. The number of benzene rings is 2. The second-order valence-corrected chi connectivity index (χ2v) is 9.25. The molecule has 7 nitrogen and oxygen atoms in total. The summed E-state index contributed by atoms with van der Waals surface area (Å²) in [6, 6.07) is 14.4. The maximum absolute atomic E-state index is 12.5. The Morgan fingerprint density at radius 1 is 0.939 bits per heavy atom. The number of nitrogens with zero attached hydrogens (tertiary/aromatic N) is 5. The second-order valence-electron chi connectivity index (χ2n) is 8.31. The zero-order valence-corrected chi connectivity index (χ0v) is 19.8. The van der Waals surface area contributed by atoms with Gasteiger partial charge >= 0.3 is 0 Å². The predicted octanol–water partition coefficient (Wildman–Crippen LogP) is 5.01. The van der Waals surface area contributed by atoms with E-state index in [-0.39, 0.29) is 11.7 Å². The number of fused-ring (bicyclic) bond motifs is 3. The first-order chi connectivity index (χ1) is 15.9. The van der Waals surface area contributed by atoms with Crippen molar-refractivity contribution in [2.75, 3.05) is 11.1 Å². The lowest BCUT2D eigenvalue weighted by molar-refractivity contribution is -0.113. The molecule has 166 valence electrons. The lowest BCUT2D eigenvalue weighted by Crippen LogP contribution is -2.15. The standard InChI is InChI=1S/C25H24N6OS/c1-15-6-8-20(18(4)11-15)26-23(32)14-33-25-28-27-24-22-13-21(29-31(22)10-9-30(24)25)19-12-16(2)5-7-17(19)3/h5-13H,14H2,1-4H3,(H,26,32). The van der Waals surface area contributed by atoms with Crippen LogP contribution in [0.15, 0.2) is 60.0 Å². The Kier molecular flexibility index (Phi) is 5.38. The molecule has 0 atom stereocenters. The van der Waals surface area contributed by atoms with Crippen LogP contribution >= 0.6 is 11.8 Å². The van der Waals surface area contributed by atoms with Crippen LogP contribution in [-0.2, 0) is 4.79 Å². The molecule has 0 aliphatic rings. The summed E-state index contributed by atoms with van der Waals surface area (Å²) in [6.45, 7) is 8.19. The van der Waals surface area contributed by atoms with Crippen LogP contribution in [0.2, 0.25) is 0 Å². The number of anilines is 1. The van der Waals surface area contributed by atoms with E-state index < -0.39 is 0 Å². The molecule has 3 aromatic heterocycles. The summed E-state index contributed by atoms with van der Waals surface area (Å²) < 4.78 is 3.72. The van der Waals surface area contributed by atoms with E-state index in [0.29, 0.717) is 10.8 Å². The summed E-state index contributed by atoms with van der Waals surface area (Å²) in [5, 5.41) is 17.1. The van der Waals surface area contributed by atoms with Crippen molar-refractivity contribution in [3.63, 3.8) is 0 Å². The lowest BCUT2D eigenvalue weighted by atomic mass is 10.0. The van der Waals surface area contributed by atoms with Crippen molar-refractivity contribution in [1.29, 1.82) is 0 Å². The van der Waals surface area contributed by atoms with E-state index in [1.807, 2.05) is 53.4 Å². The van der Waals surface area contributed by atoms with Gasteiger partial charge in [-0.1, -0.05) is 47.2 Å². The minimum absolute atomic E-state index is 0.0775. The van der Waals surface area contributed by atoms with Crippen molar-refractivity contribution in [1.82, 2.24) is 24.2 Å². The first-order valence-electron chi connectivity index (χ1n) is 10.7. The Morgan fingerprint density at radius 3 is 2.55 bits per heavy atom. The summed E-state index contributed by atoms with van der Waals surface area (Å²) in [4.78, 5) is 12.5. The summed E-state index contributed by atoms with van der Waals surface area (Å²) in [5.41, 5.74) is 8.99. The number of carbonyl (C=O) groups is 1. The predicted molar refractivity (Wildman–Crippen MR) is 132 cm³/mol. The van der Waals surface area contributed by atoms with E-state index in [2.05, 4.69) is 53.6 Å². The quantitative estimate of drug-likeness (QED) is 0.376. The highest BCUT2D eigenvalue weighted by Gasteiger charge is 2.15. The van der Waals surface area contributed by atoms with E-state index >= 15 is 0 Å². The van der Waals surface area contributed by atoms with E-state index in [1.54, 1.807) is 0 Å². The number of aryl methyl sites for hydroxylation is 4. The van der Waals surface area contributed by atoms with Gasteiger partial charge in [0.2, 0.25) is 5.91 Å². The molecule has 0 unspecified atom stereocenters. The smallest absolute Gasteiger partial charge is 0.234 e. The minimum atomic E-state index is -0.0775. The van der Waals surface area contributed by atoms with E-state index in [1.165, 1.54) is 28.5 Å². The number of aromatic nitrogens is 5. The summed E-state index contributed by atoms with van der Waals surface area (Å²) in [6.07, 6.45) is 3.77. The number of nitrogens with one attached hydrogen (secondary N) is 1. The van der Waals surface area contributed by atoms with E-state index in [9.17, 15) is 4.79 Å². The van der Waals surface area contributed by atoms with Gasteiger partial charge in [-0.15, -0.1) is 10.2 Å². The van der Waals surface area contributed by atoms with Crippen LogP contribution in [0.1, 0.15) is 22.3 Å². The third-order valence-electron chi connectivity index (χ3n) is 5.64. The van der Waals surface area contributed by atoms with Gasteiger partial charge in [-0.25, -0.2) is 4.52 Å². The van der Waals surface area contributed by atoms with Gasteiger partial charge in [-0.05, 0) is 57.0 Å². The van der Waals surface area contributed by atoms with E-state index in [0.717, 1.165) is 28.0 Å². The van der Waals surface area contributed by atoms with Crippen molar-refractivity contribution < 1.29 is 4.79 Å². The first kappa shape index (κ1) is 21.2.